The molecule has 1 fully saturated rings. The average molecular weight is 379 g/mol. The van der Waals surface area contributed by atoms with Crippen molar-refractivity contribution in [1.29, 1.82) is 0 Å². The molecule has 0 aromatic heterocycles. The van der Waals surface area contributed by atoms with E-state index in [2.05, 4.69) is 22.8 Å². The second-order valence-corrected chi connectivity index (χ2v) is 7.61. The SMILES string of the molecule is O=C(N[C@@H](Cc1ccccc1)C(=O)NCCc1ccccc1)C1CCCCC1. The molecular weight excluding hydrogens is 348 g/mol. The Kier molecular flexibility index (Phi) is 7.65. The smallest absolute Gasteiger partial charge is 0.242 e. The predicted octanol–water partition coefficient (Wildman–Crippen LogP) is 3.65. The predicted molar refractivity (Wildman–Crippen MR) is 112 cm³/mol. The number of hydrogen-bond acceptors (Lipinski definition) is 2. The maximum Gasteiger partial charge on any atom is 0.242 e. The van der Waals surface area contributed by atoms with E-state index in [-0.39, 0.29) is 17.7 Å². The zero-order valence-electron chi connectivity index (χ0n) is 16.4. The third-order valence-corrected chi connectivity index (χ3v) is 5.45. The molecule has 0 bridgehead atoms. The summed E-state index contributed by atoms with van der Waals surface area (Å²) in [6, 6.07) is 19.4. The van der Waals surface area contributed by atoms with Crippen molar-refractivity contribution < 1.29 is 9.59 Å². The maximum absolute atomic E-state index is 12.8. The molecule has 28 heavy (non-hydrogen) atoms. The van der Waals surface area contributed by atoms with Gasteiger partial charge in [0.05, 0.1) is 0 Å². The number of carbonyl (C=O) groups excluding carboxylic acids is 2. The molecule has 0 unspecified atom stereocenters. The molecule has 4 nitrogen and oxygen atoms in total. The molecule has 2 amide bonds. The Hall–Kier alpha value is -2.62. The van der Waals surface area contributed by atoms with Crippen molar-refractivity contribution in [2.75, 3.05) is 6.54 Å². The standard InChI is InChI=1S/C24H30N2O2/c27-23(21-14-8-3-9-15-21)26-22(18-20-12-6-2-7-13-20)24(28)25-17-16-19-10-4-1-5-11-19/h1-2,4-7,10-13,21-22H,3,8-9,14-18H2,(H,25,28)(H,26,27)/t22-/m0/s1. The second kappa shape index (κ2) is 10.6. The number of rotatable bonds is 8. The number of carbonyl (C=O) groups is 2. The fourth-order valence-corrected chi connectivity index (χ4v) is 3.81. The molecule has 0 spiro atoms. The first-order valence-electron chi connectivity index (χ1n) is 10.4. The lowest BCUT2D eigenvalue weighted by Crippen LogP contribution is -2.50. The van der Waals surface area contributed by atoms with Gasteiger partial charge in [-0.05, 0) is 30.4 Å². The van der Waals surface area contributed by atoms with Crippen LogP contribution in [0.15, 0.2) is 60.7 Å². The molecule has 2 N–H and O–H groups in total. The molecular formula is C24H30N2O2. The Balaban J connectivity index is 1.59. The van der Waals surface area contributed by atoms with Crippen molar-refractivity contribution in [3.63, 3.8) is 0 Å². The summed E-state index contributed by atoms with van der Waals surface area (Å²) >= 11 is 0. The minimum Gasteiger partial charge on any atom is -0.354 e. The fourth-order valence-electron chi connectivity index (χ4n) is 3.81. The highest BCUT2D eigenvalue weighted by Crippen LogP contribution is 2.23. The molecule has 3 rings (SSSR count). The topological polar surface area (TPSA) is 58.2 Å². The van der Waals surface area contributed by atoms with Gasteiger partial charge < -0.3 is 10.6 Å². The van der Waals surface area contributed by atoms with E-state index < -0.39 is 6.04 Å². The number of hydrogen-bond donors (Lipinski definition) is 2. The second-order valence-electron chi connectivity index (χ2n) is 7.61. The van der Waals surface area contributed by atoms with Crippen LogP contribution in [-0.2, 0) is 22.4 Å². The van der Waals surface area contributed by atoms with Crippen LogP contribution in [0.1, 0.15) is 43.2 Å². The normalized spacial score (nSPS) is 15.6. The summed E-state index contributed by atoms with van der Waals surface area (Å²) in [5, 5.41) is 6.04. The van der Waals surface area contributed by atoms with E-state index in [9.17, 15) is 9.59 Å². The highest BCUT2D eigenvalue weighted by molar-refractivity contribution is 5.88. The first kappa shape index (κ1) is 20.1. The van der Waals surface area contributed by atoms with Gasteiger partial charge in [0.15, 0.2) is 0 Å². The van der Waals surface area contributed by atoms with Crippen LogP contribution in [0.2, 0.25) is 0 Å². The molecule has 1 aliphatic carbocycles. The van der Waals surface area contributed by atoms with Gasteiger partial charge in [0, 0.05) is 18.9 Å². The molecule has 0 saturated heterocycles. The quantitative estimate of drug-likeness (QED) is 0.737. The molecule has 1 atom stereocenters. The minimum absolute atomic E-state index is 0.0267. The van der Waals surface area contributed by atoms with Gasteiger partial charge >= 0.3 is 0 Å². The van der Waals surface area contributed by atoms with Gasteiger partial charge in [-0.1, -0.05) is 79.9 Å². The van der Waals surface area contributed by atoms with Crippen LogP contribution in [0.4, 0.5) is 0 Å². The zero-order valence-corrected chi connectivity index (χ0v) is 16.4. The molecule has 4 heteroatoms. The zero-order chi connectivity index (χ0) is 19.6. The average Bonchev–Trinajstić information content (AvgIpc) is 2.75. The van der Waals surface area contributed by atoms with Crippen molar-refractivity contribution in [2.24, 2.45) is 5.92 Å². The third kappa shape index (κ3) is 6.22. The van der Waals surface area contributed by atoms with Gasteiger partial charge in [-0.2, -0.15) is 0 Å². The molecule has 0 aliphatic heterocycles. The van der Waals surface area contributed by atoms with Gasteiger partial charge in [0.25, 0.3) is 0 Å². The van der Waals surface area contributed by atoms with Crippen molar-refractivity contribution in [2.45, 2.75) is 51.0 Å². The van der Waals surface area contributed by atoms with Crippen LogP contribution in [0, 0.1) is 5.92 Å². The lowest BCUT2D eigenvalue weighted by molar-refractivity contribution is -0.131. The summed E-state index contributed by atoms with van der Waals surface area (Å²) in [4.78, 5) is 25.5. The van der Waals surface area contributed by atoms with E-state index in [0.717, 1.165) is 37.7 Å². The molecule has 2 aromatic rings. The van der Waals surface area contributed by atoms with Crippen LogP contribution < -0.4 is 10.6 Å². The monoisotopic (exact) mass is 378 g/mol. The summed E-state index contributed by atoms with van der Waals surface area (Å²) in [5.41, 5.74) is 2.24. The van der Waals surface area contributed by atoms with E-state index in [1.54, 1.807) is 0 Å². The van der Waals surface area contributed by atoms with E-state index in [1.165, 1.54) is 12.0 Å². The molecule has 1 saturated carbocycles. The lowest BCUT2D eigenvalue weighted by atomic mass is 9.88. The summed E-state index contributed by atoms with van der Waals surface area (Å²) < 4.78 is 0. The largest absolute Gasteiger partial charge is 0.354 e. The van der Waals surface area contributed by atoms with Gasteiger partial charge in [-0.3, -0.25) is 9.59 Å². The summed E-state index contributed by atoms with van der Waals surface area (Å²) in [6.45, 7) is 0.563. The van der Waals surface area contributed by atoms with Crippen LogP contribution in [0.5, 0.6) is 0 Å². The van der Waals surface area contributed by atoms with Crippen molar-refractivity contribution >= 4 is 11.8 Å². The van der Waals surface area contributed by atoms with Gasteiger partial charge in [-0.25, -0.2) is 0 Å². The summed E-state index contributed by atoms with van der Waals surface area (Å²) in [6.07, 6.45) is 6.56. The first-order valence-corrected chi connectivity index (χ1v) is 10.4. The van der Waals surface area contributed by atoms with E-state index in [0.29, 0.717) is 13.0 Å². The van der Waals surface area contributed by atoms with Crippen LogP contribution in [-0.4, -0.2) is 24.4 Å². The molecule has 148 valence electrons. The minimum atomic E-state index is -0.535. The van der Waals surface area contributed by atoms with Crippen molar-refractivity contribution in [3.8, 4) is 0 Å². The Morgan fingerprint density at radius 1 is 0.857 bits per heavy atom. The third-order valence-electron chi connectivity index (χ3n) is 5.45. The van der Waals surface area contributed by atoms with Gasteiger partial charge in [0.2, 0.25) is 11.8 Å². The molecule has 0 heterocycles. The Labute approximate surface area is 167 Å². The number of amides is 2. The maximum atomic E-state index is 12.8. The summed E-state index contributed by atoms with van der Waals surface area (Å²) in [5.74, 6) is -0.0353. The van der Waals surface area contributed by atoms with E-state index in [4.69, 9.17) is 0 Å². The number of nitrogens with one attached hydrogen (secondary N) is 2. The number of benzene rings is 2. The molecule has 0 radical (unpaired) electrons. The first-order chi connectivity index (χ1) is 13.7. The molecule has 1 aliphatic rings. The van der Waals surface area contributed by atoms with Gasteiger partial charge in [-0.15, -0.1) is 0 Å². The van der Waals surface area contributed by atoms with Crippen molar-refractivity contribution in [3.05, 3.63) is 71.8 Å². The van der Waals surface area contributed by atoms with Crippen LogP contribution in [0.3, 0.4) is 0 Å². The molecule has 2 aromatic carbocycles. The van der Waals surface area contributed by atoms with Crippen LogP contribution in [0.25, 0.3) is 0 Å². The Morgan fingerprint density at radius 3 is 2.11 bits per heavy atom. The Bertz CT molecular complexity index is 740. The Morgan fingerprint density at radius 2 is 1.46 bits per heavy atom. The summed E-state index contributed by atoms with van der Waals surface area (Å²) in [7, 11) is 0. The van der Waals surface area contributed by atoms with E-state index >= 15 is 0 Å². The lowest BCUT2D eigenvalue weighted by Gasteiger charge is -2.24. The van der Waals surface area contributed by atoms with Crippen LogP contribution >= 0.6 is 0 Å². The highest BCUT2D eigenvalue weighted by Gasteiger charge is 2.26. The fraction of sp³-hybridized carbons (Fsp3) is 0.417. The van der Waals surface area contributed by atoms with Crippen molar-refractivity contribution in [1.82, 2.24) is 10.6 Å². The van der Waals surface area contributed by atoms with Gasteiger partial charge in [0.1, 0.15) is 6.04 Å². The van der Waals surface area contributed by atoms with E-state index in [1.807, 2.05) is 48.5 Å². The highest BCUT2D eigenvalue weighted by atomic mass is 16.2.